The summed E-state index contributed by atoms with van der Waals surface area (Å²) < 4.78 is 1.10. The molecule has 0 saturated heterocycles. The number of halogens is 1. The summed E-state index contributed by atoms with van der Waals surface area (Å²) in [6.07, 6.45) is 1.13. The Morgan fingerprint density at radius 3 is 2.67 bits per heavy atom. The van der Waals surface area contributed by atoms with Crippen molar-refractivity contribution in [2.75, 3.05) is 11.9 Å². The fourth-order valence-electron chi connectivity index (χ4n) is 1.59. The second kappa shape index (κ2) is 5.52. The summed E-state index contributed by atoms with van der Waals surface area (Å²) in [4.78, 5) is 2.28. The maximum Gasteiger partial charge on any atom is 0.0422 e. The molecule has 1 atom stereocenters. The van der Waals surface area contributed by atoms with Crippen molar-refractivity contribution in [2.24, 2.45) is 5.73 Å². The molecule has 1 aromatic carbocycles. The Bertz CT molecular complexity index is 325. The van der Waals surface area contributed by atoms with E-state index in [0.717, 1.165) is 10.9 Å². The first kappa shape index (κ1) is 12.5. The number of nitrogens with zero attached hydrogens (tertiary/aromatic N) is 1. The number of hydrogen-bond donors (Lipinski definition) is 1. The molecule has 0 aromatic heterocycles. The molecule has 0 aliphatic heterocycles. The van der Waals surface area contributed by atoms with Crippen LogP contribution in [0.25, 0.3) is 0 Å². The zero-order valence-electron chi connectivity index (χ0n) is 9.63. The molecule has 0 heterocycles. The average Bonchev–Trinajstić information content (AvgIpc) is 2.26. The van der Waals surface area contributed by atoms with Gasteiger partial charge >= 0.3 is 0 Å². The van der Waals surface area contributed by atoms with Gasteiger partial charge in [-0.05, 0) is 25.5 Å². The molecule has 0 saturated carbocycles. The number of nitrogens with two attached hydrogens (primary N) is 1. The van der Waals surface area contributed by atoms with E-state index in [1.807, 2.05) is 6.07 Å². The summed E-state index contributed by atoms with van der Waals surface area (Å²) in [5, 5.41) is 0. The molecule has 0 aliphatic rings. The lowest BCUT2D eigenvalue weighted by molar-refractivity contribution is 0.661. The highest BCUT2D eigenvalue weighted by Gasteiger charge is 2.12. The highest BCUT2D eigenvalue weighted by atomic mass is 79.9. The number of rotatable bonds is 4. The largest absolute Gasteiger partial charge is 0.372 e. The lowest BCUT2D eigenvalue weighted by Crippen LogP contribution is -2.29. The van der Waals surface area contributed by atoms with Crippen LogP contribution in [-0.2, 0) is 6.54 Å². The van der Waals surface area contributed by atoms with E-state index in [0.29, 0.717) is 12.6 Å². The van der Waals surface area contributed by atoms with Crippen LogP contribution in [0.4, 0.5) is 5.69 Å². The maximum atomic E-state index is 5.77. The quantitative estimate of drug-likeness (QED) is 0.911. The summed E-state index contributed by atoms with van der Waals surface area (Å²) in [5.41, 5.74) is 8.18. The Morgan fingerprint density at radius 1 is 1.47 bits per heavy atom. The van der Waals surface area contributed by atoms with Crippen LogP contribution in [0.5, 0.6) is 0 Å². The predicted molar refractivity (Wildman–Crippen MR) is 70.2 cm³/mol. The molecule has 15 heavy (non-hydrogen) atoms. The standard InChI is InChI=1S/C12H19BrN2/c1-4-9(2)15(3)12-7-5-6-11(13)10(12)8-14/h5-7,9H,4,8,14H2,1-3H3. The summed E-state index contributed by atoms with van der Waals surface area (Å²) in [7, 11) is 2.12. The zero-order chi connectivity index (χ0) is 11.4. The molecule has 84 valence electrons. The van der Waals surface area contributed by atoms with Gasteiger partial charge < -0.3 is 10.6 Å². The normalized spacial score (nSPS) is 12.6. The average molecular weight is 271 g/mol. The van der Waals surface area contributed by atoms with Gasteiger partial charge in [0.2, 0.25) is 0 Å². The molecule has 0 aliphatic carbocycles. The van der Waals surface area contributed by atoms with E-state index in [-0.39, 0.29) is 0 Å². The molecule has 1 aromatic rings. The van der Waals surface area contributed by atoms with Gasteiger partial charge in [-0.2, -0.15) is 0 Å². The number of hydrogen-bond acceptors (Lipinski definition) is 2. The minimum atomic E-state index is 0.532. The Balaban J connectivity index is 3.07. The van der Waals surface area contributed by atoms with Crippen molar-refractivity contribution in [3.63, 3.8) is 0 Å². The first-order valence-electron chi connectivity index (χ1n) is 5.32. The lowest BCUT2D eigenvalue weighted by Gasteiger charge is -2.28. The molecular formula is C12H19BrN2. The van der Waals surface area contributed by atoms with Crippen LogP contribution in [0, 0.1) is 0 Å². The maximum absolute atomic E-state index is 5.77. The first-order chi connectivity index (χ1) is 7.11. The van der Waals surface area contributed by atoms with E-state index >= 15 is 0 Å². The topological polar surface area (TPSA) is 29.3 Å². The van der Waals surface area contributed by atoms with Crippen molar-refractivity contribution in [3.05, 3.63) is 28.2 Å². The molecule has 0 radical (unpaired) electrons. The van der Waals surface area contributed by atoms with Crippen LogP contribution in [0.2, 0.25) is 0 Å². The van der Waals surface area contributed by atoms with Gasteiger partial charge in [-0.3, -0.25) is 0 Å². The number of anilines is 1. The van der Waals surface area contributed by atoms with E-state index in [4.69, 9.17) is 5.73 Å². The van der Waals surface area contributed by atoms with Gasteiger partial charge in [0.1, 0.15) is 0 Å². The van der Waals surface area contributed by atoms with E-state index < -0.39 is 0 Å². The predicted octanol–water partition coefficient (Wildman–Crippen LogP) is 3.14. The molecular weight excluding hydrogens is 252 g/mol. The molecule has 2 N–H and O–H groups in total. The van der Waals surface area contributed by atoms with Crippen LogP contribution in [-0.4, -0.2) is 13.1 Å². The SMILES string of the molecule is CCC(C)N(C)c1cccc(Br)c1CN. The second-order valence-electron chi connectivity index (χ2n) is 3.81. The first-order valence-corrected chi connectivity index (χ1v) is 6.11. The Kier molecular flexibility index (Phi) is 4.61. The molecule has 1 unspecified atom stereocenters. The molecule has 3 heteroatoms. The van der Waals surface area contributed by atoms with Crippen LogP contribution in [0.3, 0.4) is 0 Å². The van der Waals surface area contributed by atoms with Crippen molar-refractivity contribution >= 4 is 21.6 Å². The Hall–Kier alpha value is -0.540. The summed E-state index contributed by atoms with van der Waals surface area (Å²) in [6, 6.07) is 6.75. The highest BCUT2D eigenvalue weighted by Crippen LogP contribution is 2.28. The van der Waals surface area contributed by atoms with Crippen molar-refractivity contribution in [1.82, 2.24) is 0 Å². The molecule has 1 rings (SSSR count). The fraction of sp³-hybridized carbons (Fsp3) is 0.500. The molecule has 0 amide bonds. The highest BCUT2D eigenvalue weighted by molar-refractivity contribution is 9.10. The van der Waals surface area contributed by atoms with Gasteiger partial charge in [0.05, 0.1) is 0 Å². The van der Waals surface area contributed by atoms with Crippen LogP contribution >= 0.6 is 15.9 Å². The summed E-state index contributed by atoms with van der Waals surface area (Å²) in [5.74, 6) is 0. The second-order valence-corrected chi connectivity index (χ2v) is 4.66. The van der Waals surface area contributed by atoms with Gasteiger partial charge in [0, 0.05) is 35.4 Å². The van der Waals surface area contributed by atoms with Crippen molar-refractivity contribution in [2.45, 2.75) is 32.9 Å². The fourth-order valence-corrected chi connectivity index (χ4v) is 2.11. The van der Waals surface area contributed by atoms with E-state index in [1.54, 1.807) is 0 Å². The van der Waals surface area contributed by atoms with Gasteiger partial charge in [0.25, 0.3) is 0 Å². The van der Waals surface area contributed by atoms with Crippen LogP contribution < -0.4 is 10.6 Å². The Morgan fingerprint density at radius 2 is 2.13 bits per heavy atom. The third-order valence-corrected chi connectivity index (χ3v) is 3.67. The minimum Gasteiger partial charge on any atom is -0.372 e. The number of benzene rings is 1. The smallest absolute Gasteiger partial charge is 0.0422 e. The van der Waals surface area contributed by atoms with E-state index in [1.165, 1.54) is 11.3 Å². The van der Waals surface area contributed by atoms with E-state index in [9.17, 15) is 0 Å². The molecule has 0 spiro atoms. The Labute approximate surface area is 101 Å². The van der Waals surface area contributed by atoms with Gasteiger partial charge in [0.15, 0.2) is 0 Å². The third-order valence-electron chi connectivity index (χ3n) is 2.93. The zero-order valence-corrected chi connectivity index (χ0v) is 11.2. The molecule has 0 fully saturated rings. The summed E-state index contributed by atoms with van der Waals surface area (Å²) in [6.45, 7) is 4.99. The summed E-state index contributed by atoms with van der Waals surface area (Å²) >= 11 is 3.54. The molecule has 0 bridgehead atoms. The van der Waals surface area contributed by atoms with Gasteiger partial charge in [-0.15, -0.1) is 0 Å². The van der Waals surface area contributed by atoms with E-state index in [2.05, 4.69) is 53.9 Å². The van der Waals surface area contributed by atoms with Gasteiger partial charge in [-0.25, -0.2) is 0 Å². The van der Waals surface area contributed by atoms with Crippen molar-refractivity contribution in [1.29, 1.82) is 0 Å². The lowest BCUT2D eigenvalue weighted by atomic mass is 10.1. The van der Waals surface area contributed by atoms with Crippen molar-refractivity contribution < 1.29 is 0 Å². The van der Waals surface area contributed by atoms with Crippen LogP contribution in [0.15, 0.2) is 22.7 Å². The molecule has 2 nitrogen and oxygen atoms in total. The minimum absolute atomic E-state index is 0.532. The van der Waals surface area contributed by atoms with Crippen molar-refractivity contribution in [3.8, 4) is 0 Å². The van der Waals surface area contributed by atoms with Crippen LogP contribution in [0.1, 0.15) is 25.8 Å². The third kappa shape index (κ3) is 2.73. The van der Waals surface area contributed by atoms with Gasteiger partial charge in [-0.1, -0.05) is 28.9 Å². The monoisotopic (exact) mass is 270 g/mol.